The number of hydrogen-bond acceptors (Lipinski definition) is 4. The van der Waals surface area contributed by atoms with Crippen molar-refractivity contribution >= 4 is 52.2 Å². The molecular formula is C25H17Cl2NO5. The number of amides is 1. The summed E-state index contributed by atoms with van der Waals surface area (Å²) in [6.07, 6.45) is -1.92. The lowest BCUT2D eigenvalue weighted by molar-refractivity contribution is -0.136. The molecule has 0 fully saturated rings. The molecule has 1 heterocycles. The maximum Gasteiger partial charge on any atom is 0.307 e. The van der Waals surface area contributed by atoms with Gasteiger partial charge in [0, 0.05) is 21.8 Å². The largest absolute Gasteiger partial charge is 0.481 e. The standard InChI is InChI=1S/C25H17Cl2NO5/c26-18-7-3-1-5-16(18)22-21(23(31)17-6-2-4-8-19(17)27)24(32)25(33)28(22)15-11-9-14(10-12-15)13-20(29)30/h1-12,24,32H,13H2,(H,29,30). The summed E-state index contributed by atoms with van der Waals surface area (Å²) in [6, 6.07) is 19.3. The van der Waals surface area contributed by atoms with Gasteiger partial charge >= 0.3 is 5.97 Å². The Hall–Kier alpha value is -3.45. The lowest BCUT2D eigenvalue weighted by Gasteiger charge is -2.22. The molecule has 0 bridgehead atoms. The number of anilines is 1. The van der Waals surface area contributed by atoms with E-state index in [4.69, 9.17) is 28.3 Å². The first kappa shape index (κ1) is 22.7. The Morgan fingerprint density at radius 2 is 1.48 bits per heavy atom. The topological polar surface area (TPSA) is 94.9 Å². The first-order valence-electron chi connectivity index (χ1n) is 9.90. The van der Waals surface area contributed by atoms with E-state index < -0.39 is 23.8 Å². The molecule has 8 heteroatoms. The van der Waals surface area contributed by atoms with Gasteiger partial charge in [0.05, 0.1) is 22.7 Å². The van der Waals surface area contributed by atoms with E-state index in [2.05, 4.69) is 0 Å². The number of benzene rings is 3. The highest BCUT2D eigenvalue weighted by Gasteiger charge is 2.44. The molecule has 3 aromatic rings. The molecule has 1 unspecified atom stereocenters. The Bertz CT molecular complexity index is 1300. The predicted octanol–water partition coefficient (Wildman–Crippen LogP) is 4.62. The number of aliphatic carboxylic acids is 1. The van der Waals surface area contributed by atoms with Gasteiger partial charge in [-0.15, -0.1) is 0 Å². The number of carboxylic acids is 1. The van der Waals surface area contributed by atoms with Crippen molar-refractivity contribution in [3.05, 3.63) is 105 Å². The number of ketones is 1. The number of rotatable bonds is 6. The minimum Gasteiger partial charge on any atom is -0.481 e. The van der Waals surface area contributed by atoms with E-state index in [0.29, 0.717) is 16.8 Å². The number of halogens is 2. The van der Waals surface area contributed by atoms with Crippen molar-refractivity contribution < 1.29 is 24.6 Å². The van der Waals surface area contributed by atoms with Crippen LogP contribution in [0.5, 0.6) is 0 Å². The molecule has 166 valence electrons. The molecule has 0 spiro atoms. The maximum absolute atomic E-state index is 13.5. The van der Waals surface area contributed by atoms with Crippen LogP contribution in [0.25, 0.3) is 5.70 Å². The summed E-state index contributed by atoms with van der Waals surface area (Å²) in [5, 5.41) is 20.3. The third kappa shape index (κ3) is 4.28. The number of carboxylic acid groups (broad SMARTS) is 1. The Labute approximate surface area is 199 Å². The van der Waals surface area contributed by atoms with Crippen molar-refractivity contribution in [3.8, 4) is 0 Å². The van der Waals surface area contributed by atoms with Gasteiger partial charge in [-0.05, 0) is 35.9 Å². The number of nitrogens with zero attached hydrogens (tertiary/aromatic N) is 1. The smallest absolute Gasteiger partial charge is 0.307 e. The molecule has 33 heavy (non-hydrogen) atoms. The minimum atomic E-state index is -1.74. The summed E-state index contributed by atoms with van der Waals surface area (Å²) in [7, 11) is 0. The predicted molar refractivity (Wildman–Crippen MR) is 125 cm³/mol. The van der Waals surface area contributed by atoms with Gasteiger partial charge in [-0.25, -0.2) is 0 Å². The number of Topliss-reactive ketones (excluding diaryl/α,β-unsaturated/α-hetero) is 1. The van der Waals surface area contributed by atoms with Gasteiger partial charge in [0.1, 0.15) is 0 Å². The fourth-order valence-electron chi connectivity index (χ4n) is 3.74. The molecule has 2 N–H and O–H groups in total. The lowest BCUT2D eigenvalue weighted by atomic mass is 9.96. The van der Waals surface area contributed by atoms with E-state index in [-0.39, 0.29) is 33.3 Å². The van der Waals surface area contributed by atoms with Gasteiger partial charge in [0.15, 0.2) is 11.9 Å². The average Bonchev–Trinajstić information content (AvgIpc) is 3.05. The van der Waals surface area contributed by atoms with Crippen LogP contribution in [-0.4, -0.2) is 34.0 Å². The van der Waals surface area contributed by atoms with Gasteiger partial charge in [-0.3, -0.25) is 19.3 Å². The molecule has 0 aliphatic carbocycles. The minimum absolute atomic E-state index is 0.143. The Morgan fingerprint density at radius 1 is 0.879 bits per heavy atom. The van der Waals surface area contributed by atoms with Crippen LogP contribution in [0.1, 0.15) is 21.5 Å². The van der Waals surface area contributed by atoms with E-state index in [1.165, 1.54) is 11.0 Å². The van der Waals surface area contributed by atoms with Crippen LogP contribution in [0.4, 0.5) is 5.69 Å². The highest BCUT2D eigenvalue weighted by molar-refractivity contribution is 6.38. The monoisotopic (exact) mass is 481 g/mol. The van der Waals surface area contributed by atoms with Gasteiger partial charge in [-0.2, -0.15) is 0 Å². The second-order valence-corrected chi connectivity index (χ2v) is 8.18. The Balaban J connectivity index is 1.92. The number of aliphatic hydroxyl groups excluding tert-OH is 1. The Morgan fingerprint density at radius 3 is 2.09 bits per heavy atom. The molecule has 1 aliphatic rings. The normalized spacial score (nSPS) is 15.8. The molecule has 1 amide bonds. The zero-order valence-corrected chi connectivity index (χ0v) is 18.5. The molecule has 0 aromatic heterocycles. The van der Waals surface area contributed by atoms with Crippen LogP contribution in [-0.2, 0) is 16.0 Å². The molecule has 4 rings (SSSR count). The zero-order valence-electron chi connectivity index (χ0n) is 17.0. The summed E-state index contributed by atoms with van der Waals surface area (Å²) >= 11 is 12.6. The van der Waals surface area contributed by atoms with Crippen molar-refractivity contribution in [1.29, 1.82) is 0 Å². The first-order valence-corrected chi connectivity index (χ1v) is 10.7. The van der Waals surface area contributed by atoms with E-state index >= 15 is 0 Å². The van der Waals surface area contributed by atoms with E-state index in [1.54, 1.807) is 66.7 Å². The van der Waals surface area contributed by atoms with Gasteiger partial charge in [-0.1, -0.05) is 65.7 Å². The molecule has 3 aromatic carbocycles. The maximum atomic E-state index is 13.5. The molecule has 1 aliphatic heterocycles. The number of aliphatic hydroxyl groups is 1. The first-order chi connectivity index (χ1) is 15.8. The second kappa shape index (κ2) is 9.19. The van der Waals surface area contributed by atoms with Crippen LogP contribution in [0, 0.1) is 0 Å². The quantitative estimate of drug-likeness (QED) is 0.500. The summed E-state index contributed by atoms with van der Waals surface area (Å²) in [4.78, 5) is 38.9. The van der Waals surface area contributed by atoms with E-state index in [0.717, 1.165) is 0 Å². The molecule has 6 nitrogen and oxygen atoms in total. The van der Waals surface area contributed by atoms with Crippen molar-refractivity contribution in [1.82, 2.24) is 0 Å². The molecule has 1 atom stereocenters. The summed E-state index contributed by atoms with van der Waals surface area (Å²) in [5.41, 5.74) is 1.42. The summed E-state index contributed by atoms with van der Waals surface area (Å²) < 4.78 is 0. The van der Waals surface area contributed by atoms with Crippen molar-refractivity contribution in [2.75, 3.05) is 4.90 Å². The molecule has 0 saturated carbocycles. The molecule has 0 radical (unpaired) electrons. The third-order valence-electron chi connectivity index (χ3n) is 5.25. The SMILES string of the molecule is O=C(O)Cc1ccc(N2C(=O)C(O)C(C(=O)c3ccccc3Cl)=C2c2ccccc2Cl)cc1. The number of hydrogen-bond donors (Lipinski definition) is 2. The lowest BCUT2D eigenvalue weighted by Crippen LogP contribution is -2.31. The highest BCUT2D eigenvalue weighted by atomic mass is 35.5. The van der Waals surface area contributed by atoms with Crippen LogP contribution >= 0.6 is 23.2 Å². The van der Waals surface area contributed by atoms with Crippen molar-refractivity contribution in [2.45, 2.75) is 12.5 Å². The van der Waals surface area contributed by atoms with Crippen LogP contribution in [0.15, 0.2) is 78.4 Å². The molecular weight excluding hydrogens is 465 g/mol. The number of carbonyl (C=O) groups excluding carboxylic acids is 2. The van der Waals surface area contributed by atoms with Crippen LogP contribution in [0.2, 0.25) is 10.0 Å². The average molecular weight is 482 g/mol. The third-order valence-corrected chi connectivity index (χ3v) is 5.91. The Kier molecular flexibility index (Phi) is 6.33. The van der Waals surface area contributed by atoms with Crippen molar-refractivity contribution in [2.24, 2.45) is 0 Å². The number of carbonyl (C=O) groups is 3. The summed E-state index contributed by atoms with van der Waals surface area (Å²) in [6.45, 7) is 0. The van der Waals surface area contributed by atoms with Gasteiger partial charge in [0.25, 0.3) is 5.91 Å². The highest BCUT2D eigenvalue weighted by Crippen LogP contribution is 2.41. The van der Waals surface area contributed by atoms with Crippen LogP contribution < -0.4 is 4.90 Å². The van der Waals surface area contributed by atoms with Gasteiger partial charge in [0.2, 0.25) is 0 Å². The second-order valence-electron chi connectivity index (χ2n) is 7.36. The summed E-state index contributed by atoms with van der Waals surface area (Å²) in [5.74, 6) is -2.31. The fraction of sp³-hybridized carbons (Fsp3) is 0.0800. The van der Waals surface area contributed by atoms with Gasteiger partial charge < -0.3 is 10.2 Å². The van der Waals surface area contributed by atoms with Crippen LogP contribution in [0.3, 0.4) is 0 Å². The van der Waals surface area contributed by atoms with E-state index in [1.807, 2.05) is 0 Å². The fourth-order valence-corrected chi connectivity index (χ4v) is 4.19. The van der Waals surface area contributed by atoms with E-state index in [9.17, 15) is 19.5 Å². The molecule has 0 saturated heterocycles. The van der Waals surface area contributed by atoms with Crippen molar-refractivity contribution in [3.63, 3.8) is 0 Å². The zero-order chi connectivity index (χ0) is 23.7.